The molecule has 150 heavy (non-hydrogen) atoms. The molecule has 700 valence electrons. The summed E-state index contributed by atoms with van der Waals surface area (Å²) in [6.07, 6.45) is 0. The quantitative estimate of drug-likeness (QED) is 0.110. The zero-order valence-electron chi connectivity index (χ0n) is 84.3. The molecule has 0 atom stereocenters. The Kier molecular flexibility index (Phi) is 20.5. The summed E-state index contributed by atoms with van der Waals surface area (Å²) in [5.74, 6) is 0. The highest BCUT2D eigenvalue weighted by Gasteiger charge is 2.28. The Bertz CT molecular complexity index is 11000. The standard InChI is InChI=1S/C54H38.C52H32.C44H30/c1-31-33(3)41-25-23-37(29-49(41)45-19-11-9-15-39(31)45)51-47-27-21-36-14-6-8-18-44(36)54(47)52(48-28-22-35-13-5-7-17-43(35)53(48)51)38-24-26-42-34(4)32(2)40-16-10-12-20-46(40)50(42)30-38;1-2-10-33(11-3-1)38-21-22-40-31-41(25-23-39(40)30-38)49-46-28-26-36-14-6-9-17-45(36)52(46)50(47-29-27-35-13-5-8-16-44(35)51(47)49)42-24-20-37-19-18-34-12-4-7-15-43(34)48(37)32-42;1-27-28(2)34-23-22-32(26-40(34)37-19-11-10-16-33(27)37)42-39-25-21-29-12-6-8-17-35(29)43(39)41(31-14-4-3-5-15-31)38-24-20-30-13-7-9-18-36(30)44(38)42/h5-30H,1-4H3;1-32H;3-26H,1-2H3. The van der Waals surface area contributed by atoms with Gasteiger partial charge in [0.15, 0.2) is 0 Å². The molecule has 31 aromatic carbocycles. The fraction of sp³-hybridized carbons (Fsp3) is 0.0400. The van der Waals surface area contributed by atoms with Crippen molar-refractivity contribution >= 4 is 226 Å². The second-order valence-corrected chi connectivity index (χ2v) is 41.4. The van der Waals surface area contributed by atoms with Gasteiger partial charge in [-0.25, -0.2) is 0 Å². The molecule has 0 aliphatic rings. The lowest BCUT2D eigenvalue weighted by Crippen LogP contribution is -1.95. The number of hydrogen-bond acceptors (Lipinski definition) is 0. The van der Waals surface area contributed by atoms with Gasteiger partial charge in [0, 0.05) is 0 Å². The molecule has 0 radical (unpaired) electrons. The molecule has 0 saturated heterocycles. The van der Waals surface area contributed by atoms with Gasteiger partial charge < -0.3 is 0 Å². The van der Waals surface area contributed by atoms with E-state index in [9.17, 15) is 0 Å². The summed E-state index contributed by atoms with van der Waals surface area (Å²) in [5, 5.41) is 54.2. The van der Waals surface area contributed by atoms with Crippen molar-refractivity contribution in [1.82, 2.24) is 0 Å². The van der Waals surface area contributed by atoms with Gasteiger partial charge >= 0.3 is 0 Å². The molecule has 0 aliphatic carbocycles. The highest BCUT2D eigenvalue weighted by atomic mass is 14.3. The van der Waals surface area contributed by atoms with Crippen LogP contribution in [0.4, 0.5) is 0 Å². The third kappa shape index (κ3) is 13.8. The second-order valence-electron chi connectivity index (χ2n) is 41.4. The summed E-state index contributed by atoms with van der Waals surface area (Å²) in [4.78, 5) is 0. The minimum absolute atomic E-state index is 1.23. The number of aryl methyl sites for hydroxylation is 6. The average Bonchev–Trinajstić information content (AvgIpc) is 0.714. The molecule has 0 heteroatoms. The molecule has 0 N–H and O–H groups in total. The lowest BCUT2D eigenvalue weighted by molar-refractivity contribution is 1.41. The topological polar surface area (TPSA) is 0 Å². The third-order valence-corrected chi connectivity index (χ3v) is 33.7. The SMILES string of the molecule is Cc1c(C)c2ccc(-c3c4ccc5ccccc5c4c(-c4ccc5c(C)c(C)c6ccccc6c5c4)c4ccc5ccccc5c34)cc2c2ccccc12.Cc1c(C)c2ccc(-c3c4ccc5ccccc5c4c(-c4ccccc4)c4ccc5ccccc5c34)cc2c2ccccc12.c1ccc(-c2ccc3cc(-c4c5ccc6ccccc6c5c(-c5ccc6ccc7ccccc7c6c5)c5ccc6ccccc6c45)ccc3c2)cc1. The van der Waals surface area contributed by atoms with E-state index in [0.717, 1.165) is 0 Å². The highest BCUT2D eigenvalue weighted by Crippen LogP contribution is 2.56. The van der Waals surface area contributed by atoms with Gasteiger partial charge in [0.05, 0.1) is 0 Å². The van der Waals surface area contributed by atoms with Crippen LogP contribution < -0.4 is 0 Å². The fourth-order valence-corrected chi connectivity index (χ4v) is 26.2. The van der Waals surface area contributed by atoms with Crippen molar-refractivity contribution in [3.63, 3.8) is 0 Å². The Balaban J connectivity index is 0.000000106. The summed E-state index contributed by atoms with van der Waals surface area (Å²) in [6, 6.07) is 186. The van der Waals surface area contributed by atoms with E-state index in [2.05, 4.69) is 539 Å². The Hall–Kier alpha value is -18.7. The summed E-state index contributed by atoms with van der Waals surface area (Å²) < 4.78 is 0. The van der Waals surface area contributed by atoms with E-state index < -0.39 is 0 Å². The van der Waals surface area contributed by atoms with Crippen LogP contribution >= 0.6 is 0 Å². The smallest absolute Gasteiger partial charge is 0.00141 e. The highest BCUT2D eigenvalue weighted by molar-refractivity contribution is 6.37. The maximum atomic E-state index is 2.47. The molecule has 0 spiro atoms. The zero-order chi connectivity index (χ0) is 99.8. The van der Waals surface area contributed by atoms with Crippen LogP contribution in [0.5, 0.6) is 0 Å². The Morgan fingerprint density at radius 3 is 0.560 bits per heavy atom. The van der Waals surface area contributed by atoms with Crippen LogP contribution in [-0.2, 0) is 0 Å². The molecular weight excluding hydrogens is 1800 g/mol. The van der Waals surface area contributed by atoms with Gasteiger partial charge in [-0.05, 0) is 415 Å². The Labute approximate surface area is 869 Å². The maximum absolute atomic E-state index is 2.47. The Morgan fingerprint density at radius 1 is 0.0867 bits per heavy atom. The van der Waals surface area contributed by atoms with E-state index in [1.807, 2.05) is 0 Å². The van der Waals surface area contributed by atoms with Crippen LogP contribution in [0, 0.1) is 41.5 Å². The minimum Gasteiger partial charge on any atom is -0.0622 e. The van der Waals surface area contributed by atoms with Crippen molar-refractivity contribution in [2.45, 2.75) is 41.5 Å². The molecule has 0 fully saturated rings. The number of hydrogen-bond donors (Lipinski definition) is 0. The summed E-state index contributed by atoms with van der Waals surface area (Å²) in [7, 11) is 0. The van der Waals surface area contributed by atoms with Crippen LogP contribution in [-0.4, -0.2) is 0 Å². The first kappa shape index (κ1) is 87.8. The number of fused-ring (bicyclic) bond motifs is 31. The first-order valence-electron chi connectivity index (χ1n) is 52.6. The number of benzene rings is 31. The van der Waals surface area contributed by atoms with Gasteiger partial charge in [-0.2, -0.15) is 0 Å². The lowest BCUT2D eigenvalue weighted by Gasteiger charge is -2.22. The van der Waals surface area contributed by atoms with Gasteiger partial charge in [-0.1, -0.05) is 461 Å². The summed E-state index contributed by atoms with van der Waals surface area (Å²) in [6.45, 7) is 13.6. The van der Waals surface area contributed by atoms with Crippen molar-refractivity contribution in [2.24, 2.45) is 0 Å². The molecule has 0 bridgehead atoms. The first-order valence-corrected chi connectivity index (χ1v) is 52.6. The van der Waals surface area contributed by atoms with Crippen molar-refractivity contribution in [1.29, 1.82) is 0 Å². The average molecular weight is 1900 g/mol. The van der Waals surface area contributed by atoms with Gasteiger partial charge in [-0.15, -0.1) is 0 Å². The molecule has 0 amide bonds. The van der Waals surface area contributed by atoms with E-state index in [1.54, 1.807) is 0 Å². The largest absolute Gasteiger partial charge is 0.0622 e. The molecule has 31 rings (SSSR count). The fourth-order valence-electron chi connectivity index (χ4n) is 26.2. The second kappa shape index (κ2) is 35.0. The van der Waals surface area contributed by atoms with Gasteiger partial charge in [-0.3, -0.25) is 0 Å². The molecule has 0 nitrogen and oxygen atoms in total. The van der Waals surface area contributed by atoms with Gasteiger partial charge in [0.1, 0.15) is 0 Å². The predicted molar refractivity (Wildman–Crippen MR) is 653 cm³/mol. The van der Waals surface area contributed by atoms with Crippen molar-refractivity contribution in [2.75, 3.05) is 0 Å². The van der Waals surface area contributed by atoms with Crippen molar-refractivity contribution in [3.8, 4) is 77.9 Å². The molecular formula is C150H100. The molecule has 31 aromatic rings. The van der Waals surface area contributed by atoms with Crippen LogP contribution in [0.3, 0.4) is 0 Å². The number of rotatable bonds is 7. The first-order chi connectivity index (χ1) is 73.9. The molecule has 0 heterocycles. The van der Waals surface area contributed by atoms with Gasteiger partial charge in [0.2, 0.25) is 0 Å². The molecule has 0 unspecified atom stereocenters. The van der Waals surface area contributed by atoms with E-state index in [0.29, 0.717) is 0 Å². The van der Waals surface area contributed by atoms with Crippen LogP contribution in [0.2, 0.25) is 0 Å². The zero-order valence-corrected chi connectivity index (χ0v) is 84.3. The molecule has 0 aliphatic heterocycles. The maximum Gasteiger partial charge on any atom is -0.00141 e. The third-order valence-electron chi connectivity index (χ3n) is 33.7. The van der Waals surface area contributed by atoms with E-state index >= 15 is 0 Å². The normalized spacial score (nSPS) is 11.9. The summed E-state index contributed by atoms with van der Waals surface area (Å²) >= 11 is 0. The molecule has 0 aromatic heterocycles. The van der Waals surface area contributed by atoms with Crippen LogP contribution in [0.25, 0.3) is 304 Å². The van der Waals surface area contributed by atoms with E-state index in [-0.39, 0.29) is 0 Å². The Morgan fingerprint density at radius 2 is 0.260 bits per heavy atom. The monoisotopic (exact) mass is 1900 g/mol. The van der Waals surface area contributed by atoms with E-state index in [4.69, 9.17) is 0 Å². The van der Waals surface area contributed by atoms with Crippen LogP contribution in [0.1, 0.15) is 33.4 Å². The summed E-state index contributed by atoms with van der Waals surface area (Å²) in [5.41, 5.74) is 25.9. The van der Waals surface area contributed by atoms with Gasteiger partial charge in [0.25, 0.3) is 0 Å². The van der Waals surface area contributed by atoms with Crippen molar-refractivity contribution in [3.05, 3.63) is 531 Å². The lowest BCUT2D eigenvalue weighted by atomic mass is 9.81. The van der Waals surface area contributed by atoms with Crippen LogP contribution in [0.15, 0.2) is 497 Å². The van der Waals surface area contributed by atoms with E-state index in [1.165, 1.54) is 337 Å². The predicted octanol–water partition coefficient (Wildman–Crippen LogP) is 42.8. The molecule has 0 saturated carbocycles. The van der Waals surface area contributed by atoms with Crippen molar-refractivity contribution < 1.29 is 0 Å². The minimum atomic E-state index is 1.23.